The van der Waals surface area contributed by atoms with E-state index >= 15 is 0 Å². The maximum absolute atomic E-state index is 12.8. The number of rotatable bonds is 5. The summed E-state index contributed by atoms with van der Waals surface area (Å²) in [6, 6.07) is 1.40. The summed E-state index contributed by atoms with van der Waals surface area (Å²) in [6.07, 6.45) is 4.69. The van der Waals surface area contributed by atoms with E-state index in [9.17, 15) is 4.39 Å². The van der Waals surface area contributed by atoms with Crippen molar-refractivity contribution in [3.63, 3.8) is 0 Å². The molecule has 1 atom stereocenters. The van der Waals surface area contributed by atoms with Gasteiger partial charge in [-0.25, -0.2) is 4.98 Å². The maximum Gasteiger partial charge on any atom is 0.214 e. The van der Waals surface area contributed by atoms with Crippen molar-refractivity contribution < 1.29 is 13.9 Å². The van der Waals surface area contributed by atoms with E-state index in [0.717, 1.165) is 35.1 Å². The number of nitrogens with zero attached hydrogens (tertiary/aromatic N) is 1. The van der Waals surface area contributed by atoms with Crippen LogP contribution in [0.3, 0.4) is 0 Å². The van der Waals surface area contributed by atoms with E-state index in [1.54, 1.807) is 0 Å². The van der Waals surface area contributed by atoms with Gasteiger partial charge in [0.05, 0.1) is 18.5 Å². The molecule has 0 saturated carbocycles. The first-order valence-electron chi connectivity index (χ1n) is 6.04. The Labute approximate surface area is 119 Å². The van der Waals surface area contributed by atoms with E-state index in [1.165, 1.54) is 12.3 Å². The number of halogens is 2. The monoisotopic (exact) mass is 366 g/mol. The molecular weight excluding hydrogens is 350 g/mol. The lowest BCUT2D eigenvalue weighted by Crippen LogP contribution is -2.24. The number of anilines is 1. The normalized spacial score (nSPS) is 19.8. The predicted octanol–water partition coefficient (Wildman–Crippen LogP) is 2.78. The Morgan fingerprint density at radius 2 is 2.44 bits per heavy atom. The van der Waals surface area contributed by atoms with Crippen molar-refractivity contribution in [3.05, 3.63) is 21.8 Å². The summed E-state index contributed by atoms with van der Waals surface area (Å²) < 4.78 is 24.7. The number of ether oxygens (including phenoxy) is 2. The van der Waals surface area contributed by atoms with Crippen LogP contribution < -0.4 is 5.32 Å². The fraction of sp³-hybridized carbons (Fsp3) is 0.583. The molecule has 1 aromatic rings. The summed E-state index contributed by atoms with van der Waals surface area (Å²) in [5, 5.41) is 3.16. The van der Waals surface area contributed by atoms with E-state index in [4.69, 9.17) is 9.47 Å². The molecule has 18 heavy (non-hydrogen) atoms. The van der Waals surface area contributed by atoms with Crippen molar-refractivity contribution in [1.82, 2.24) is 4.98 Å². The highest BCUT2D eigenvalue weighted by Crippen LogP contribution is 2.17. The van der Waals surface area contributed by atoms with Crippen molar-refractivity contribution in [1.29, 1.82) is 0 Å². The van der Waals surface area contributed by atoms with E-state index in [0.29, 0.717) is 13.2 Å². The van der Waals surface area contributed by atoms with Gasteiger partial charge in [-0.1, -0.05) is 0 Å². The van der Waals surface area contributed by atoms with Gasteiger partial charge in [-0.15, -0.1) is 0 Å². The molecule has 2 rings (SSSR count). The number of pyridine rings is 1. The van der Waals surface area contributed by atoms with Crippen LogP contribution in [-0.4, -0.2) is 31.0 Å². The van der Waals surface area contributed by atoms with Gasteiger partial charge in [0, 0.05) is 22.8 Å². The quantitative estimate of drug-likeness (QED) is 0.495. The first kappa shape index (κ1) is 14.0. The van der Waals surface area contributed by atoms with Crippen LogP contribution in [0.15, 0.2) is 12.3 Å². The molecule has 0 bridgehead atoms. The van der Waals surface area contributed by atoms with Crippen molar-refractivity contribution in [2.24, 2.45) is 0 Å². The number of hydrogen-bond donors (Lipinski definition) is 1. The van der Waals surface area contributed by atoms with Gasteiger partial charge in [0.15, 0.2) is 6.29 Å². The Balaban J connectivity index is 1.68. The van der Waals surface area contributed by atoms with Crippen molar-refractivity contribution in [2.75, 3.05) is 25.1 Å². The summed E-state index contributed by atoms with van der Waals surface area (Å²) in [6.45, 7) is 2.01. The molecule has 0 amide bonds. The Kier molecular flexibility index (Phi) is 5.58. The fourth-order valence-corrected chi connectivity index (χ4v) is 2.34. The van der Waals surface area contributed by atoms with Crippen LogP contribution in [0.2, 0.25) is 0 Å². The molecule has 100 valence electrons. The predicted molar refractivity (Wildman–Crippen MR) is 74.9 cm³/mol. The second-order valence-electron chi connectivity index (χ2n) is 4.08. The SMILES string of the molecule is Fc1cc(I)c(NCCOC2CCCCO2)cn1. The van der Waals surface area contributed by atoms with E-state index in [-0.39, 0.29) is 6.29 Å². The van der Waals surface area contributed by atoms with Crippen LogP contribution in [-0.2, 0) is 9.47 Å². The van der Waals surface area contributed by atoms with Crippen LogP contribution >= 0.6 is 22.6 Å². The zero-order chi connectivity index (χ0) is 12.8. The Hall–Kier alpha value is -0.470. The molecule has 1 fully saturated rings. The molecule has 4 nitrogen and oxygen atoms in total. The highest BCUT2D eigenvalue weighted by molar-refractivity contribution is 14.1. The number of hydrogen-bond acceptors (Lipinski definition) is 4. The molecule has 1 saturated heterocycles. The fourth-order valence-electron chi connectivity index (χ4n) is 1.76. The average molecular weight is 366 g/mol. The molecule has 1 unspecified atom stereocenters. The third kappa shape index (κ3) is 4.33. The van der Waals surface area contributed by atoms with Crippen LogP contribution in [0.5, 0.6) is 0 Å². The van der Waals surface area contributed by atoms with E-state index in [2.05, 4.69) is 32.9 Å². The molecule has 1 aromatic heterocycles. The van der Waals surface area contributed by atoms with Crippen molar-refractivity contribution in [2.45, 2.75) is 25.6 Å². The first-order chi connectivity index (χ1) is 8.75. The molecule has 0 radical (unpaired) electrons. The highest BCUT2D eigenvalue weighted by Gasteiger charge is 2.13. The lowest BCUT2D eigenvalue weighted by Gasteiger charge is -2.22. The van der Waals surface area contributed by atoms with Gasteiger partial charge in [-0.2, -0.15) is 4.39 Å². The standard InChI is InChI=1S/C12H16FIN2O2/c13-11-7-9(14)10(8-16-11)15-4-6-18-12-3-1-2-5-17-12/h7-8,12,15H,1-6H2. The molecule has 1 N–H and O–H groups in total. The zero-order valence-corrected chi connectivity index (χ0v) is 12.2. The topological polar surface area (TPSA) is 43.4 Å². The van der Waals surface area contributed by atoms with Crippen LogP contribution in [0, 0.1) is 9.52 Å². The Morgan fingerprint density at radius 3 is 3.17 bits per heavy atom. The van der Waals surface area contributed by atoms with Gasteiger partial charge in [-0.05, 0) is 41.9 Å². The third-order valence-electron chi connectivity index (χ3n) is 2.68. The van der Waals surface area contributed by atoms with Gasteiger partial charge < -0.3 is 14.8 Å². The molecule has 0 aliphatic carbocycles. The molecule has 0 spiro atoms. The summed E-state index contributed by atoms with van der Waals surface area (Å²) in [5.41, 5.74) is 0.824. The minimum atomic E-state index is -0.461. The molecule has 6 heteroatoms. The van der Waals surface area contributed by atoms with Crippen LogP contribution in [0.25, 0.3) is 0 Å². The summed E-state index contributed by atoms with van der Waals surface area (Å²) in [4.78, 5) is 3.61. The zero-order valence-electron chi connectivity index (χ0n) is 9.99. The second kappa shape index (κ2) is 7.20. The lowest BCUT2D eigenvalue weighted by atomic mass is 10.2. The molecule has 1 aliphatic rings. The summed E-state index contributed by atoms with van der Waals surface area (Å²) in [7, 11) is 0. The van der Waals surface area contributed by atoms with Gasteiger partial charge >= 0.3 is 0 Å². The molecule has 0 aromatic carbocycles. The molecular formula is C12H16FIN2O2. The largest absolute Gasteiger partial charge is 0.381 e. The second-order valence-corrected chi connectivity index (χ2v) is 5.24. The first-order valence-corrected chi connectivity index (χ1v) is 7.12. The number of nitrogens with one attached hydrogen (secondary N) is 1. The number of aromatic nitrogens is 1. The van der Waals surface area contributed by atoms with E-state index in [1.807, 2.05) is 0 Å². The van der Waals surface area contributed by atoms with Crippen molar-refractivity contribution >= 4 is 28.3 Å². The van der Waals surface area contributed by atoms with Gasteiger partial charge in [-0.3, -0.25) is 0 Å². The minimum absolute atomic E-state index is 0.0639. The van der Waals surface area contributed by atoms with Gasteiger partial charge in [0.25, 0.3) is 0 Å². The lowest BCUT2D eigenvalue weighted by molar-refractivity contribution is -0.159. The Bertz CT molecular complexity index is 386. The van der Waals surface area contributed by atoms with Crippen LogP contribution in [0.4, 0.5) is 10.1 Å². The Morgan fingerprint density at radius 1 is 1.56 bits per heavy atom. The minimum Gasteiger partial charge on any atom is -0.381 e. The van der Waals surface area contributed by atoms with Gasteiger partial charge in [0.2, 0.25) is 5.95 Å². The summed E-state index contributed by atoms with van der Waals surface area (Å²) >= 11 is 2.07. The average Bonchev–Trinajstić information content (AvgIpc) is 2.38. The molecule has 1 aliphatic heterocycles. The van der Waals surface area contributed by atoms with Gasteiger partial charge in [0.1, 0.15) is 0 Å². The van der Waals surface area contributed by atoms with E-state index < -0.39 is 5.95 Å². The third-order valence-corrected chi connectivity index (χ3v) is 3.57. The van der Waals surface area contributed by atoms with Crippen molar-refractivity contribution in [3.8, 4) is 0 Å². The smallest absolute Gasteiger partial charge is 0.214 e. The highest BCUT2D eigenvalue weighted by atomic mass is 127. The van der Waals surface area contributed by atoms with Crippen LogP contribution in [0.1, 0.15) is 19.3 Å². The molecule has 2 heterocycles. The maximum atomic E-state index is 12.8. The summed E-state index contributed by atoms with van der Waals surface area (Å²) in [5.74, 6) is -0.461.